The van der Waals surface area contributed by atoms with Crippen LogP contribution in [0.5, 0.6) is 0 Å². The summed E-state index contributed by atoms with van der Waals surface area (Å²) in [5.41, 5.74) is 0.144. The summed E-state index contributed by atoms with van der Waals surface area (Å²) in [6, 6.07) is 8.26. The molecule has 0 saturated heterocycles. The third-order valence-electron chi connectivity index (χ3n) is 3.06. The molecular formula is C18H24BrNO5. The van der Waals surface area contributed by atoms with Crippen LogP contribution in [-0.2, 0) is 25.7 Å². The van der Waals surface area contributed by atoms with Crippen LogP contribution in [0.25, 0.3) is 0 Å². The fourth-order valence-corrected chi connectivity index (χ4v) is 2.18. The van der Waals surface area contributed by atoms with Crippen LogP contribution in [0.4, 0.5) is 4.79 Å². The molecule has 0 aliphatic carbocycles. The number of carbonyl (C=O) groups excluding carboxylic acids is 3. The standard InChI is InChI=1S/C18H24BrNO5/c1-18(2,3)25-16(22)15(10-9-14(21)11-19)20-17(23)24-12-13-7-5-4-6-8-13/h4-8,15H,9-12H2,1-3H3,(H,20,23)/t15-/m0/s1. The Bertz CT molecular complexity index is 583. The number of halogens is 1. The lowest BCUT2D eigenvalue weighted by molar-refractivity contribution is -0.157. The van der Waals surface area contributed by atoms with E-state index in [-0.39, 0.29) is 30.6 Å². The number of benzene rings is 1. The first-order valence-electron chi connectivity index (χ1n) is 7.99. The lowest BCUT2D eigenvalue weighted by Gasteiger charge is -2.24. The highest BCUT2D eigenvalue weighted by atomic mass is 79.9. The summed E-state index contributed by atoms with van der Waals surface area (Å²) in [6.07, 6.45) is -0.431. The molecule has 1 rings (SSSR count). The van der Waals surface area contributed by atoms with Crippen LogP contribution in [0.3, 0.4) is 0 Å². The average molecular weight is 414 g/mol. The summed E-state index contributed by atoms with van der Waals surface area (Å²) in [5.74, 6) is -0.653. The van der Waals surface area contributed by atoms with Crippen molar-refractivity contribution in [2.75, 3.05) is 5.33 Å². The van der Waals surface area contributed by atoms with Crippen LogP contribution < -0.4 is 5.32 Å². The van der Waals surface area contributed by atoms with Crippen molar-refractivity contribution >= 4 is 33.8 Å². The van der Waals surface area contributed by atoms with Gasteiger partial charge in [0, 0.05) is 6.42 Å². The lowest BCUT2D eigenvalue weighted by atomic mass is 10.1. The predicted octanol–water partition coefficient (Wildman–Crippen LogP) is 3.37. The molecule has 0 saturated carbocycles. The van der Waals surface area contributed by atoms with Gasteiger partial charge in [0.2, 0.25) is 0 Å². The Morgan fingerprint density at radius 3 is 2.36 bits per heavy atom. The van der Waals surface area contributed by atoms with Gasteiger partial charge < -0.3 is 14.8 Å². The van der Waals surface area contributed by atoms with Gasteiger partial charge in [0.1, 0.15) is 24.0 Å². The second-order valence-electron chi connectivity index (χ2n) is 6.50. The van der Waals surface area contributed by atoms with Crippen molar-refractivity contribution < 1.29 is 23.9 Å². The third kappa shape index (κ3) is 9.24. The van der Waals surface area contributed by atoms with E-state index >= 15 is 0 Å². The second kappa shape index (κ2) is 10.2. The maximum absolute atomic E-state index is 12.3. The number of Topliss-reactive ketones (excluding diaryl/α,β-unsaturated/α-hetero) is 1. The number of alkyl carbamates (subject to hydrolysis) is 1. The first-order chi connectivity index (χ1) is 11.7. The van der Waals surface area contributed by atoms with Crippen molar-refractivity contribution in [1.29, 1.82) is 0 Å². The fraction of sp³-hybridized carbons (Fsp3) is 0.500. The van der Waals surface area contributed by atoms with E-state index in [0.29, 0.717) is 0 Å². The van der Waals surface area contributed by atoms with Gasteiger partial charge in [-0.2, -0.15) is 0 Å². The minimum Gasteiger partial charge on any atom is -0.458 e. The van der Waals surface area contributed by atoms with E-state index in [9.17, 15) is 14.4 Å². The highest BCUT2D eigenvalue weighted by molar-refractivity contribution is 9.09. The zero-order chi connectivity index (χ0) is 18.9. The van der Waals surface area contributed by atoms with Crippen LogP contribution in [-0.4, -0.2) is 34.8 Å². The smallest absolute Gasteiger partial charge is 0.408 e. The van der Waals surface area contributed by atoms with Crippen molar-refractivity contribution in [3.63, 3.8) is 0 Å². The Morgan fingerprint density at radius 2 is 1.80 bits per heavy atom. The van der Waals surface area contributed by atoms with E-state index in [4.69, 9.17) is 9.47 Å². The van der Waals surface area contributed by atoms with E-state index in [1.165, 1.54) is 0 Å². The molecule has 1 amide bonds. The summed E-state index contributed by atoms with van der Waals surface area (Å²) < 4.78 is 10.4. The molecule has 0 fully saturated rings. The number of hydrogen-bond donors (Lipinski definition) is 1. The van der Waals surface area contributed by atoms with Crippen molar-refractivity contribution in [3.05, 3.63) is 35.9 Å². The normalized spacial score (nSPS) is 12.2. The molecule has 0 aliphatic heterocycles. The molecule has 0 aromatic heterocycles. The molecule has 0 bridgehead atoms. The maximum Gasteiger partial charge on any atom is 0.408 e. The van der Waals surface area contributed by atoms with Crippen molar-refractivity contribution in [2.45, 2.75) is 51.9 Å². The molecule has 6 nitrogen and oxygen atoms in total. The van der Waals surface area contributed by atoms with E-state index in [1.807, 2.05) is 30.3 Å². The SMILES string of the molecule is CC(C)(C)OC(=O)[C@H](CCC(=O)CBr)NC(=O)OCc1ccccc1. The molecule has 1 aromatic rings. The van der Waals surface area contributed by atoms with Gasteiger partial charge in [0.15, 0.2) is 0 Å². The van der Waals surface area contributed by atoms with Gasteiger partial charge in [-0.1, -0.05) is 46.3 Å². The number of rotatable bonds is 8. The van der Waals surface area contributed by atoms with Gasteiger partial charge in [-0.15, -0.1) is 0 Å². The number of hydrogen-bond acceptors (Lipinski definition) is 5. The predicted molar refractivity (Wildman–Crippen MR) is 97.4 cm³/mol. The zero-order valence-electron chi connectivity index (χ0n) is 14.7. The fourth-order valence-electron chi connectivity index (χ4n) is 1.90. The van der Waals surface area contributed by atoms with E-state index in [0.717, 1.165) is 5.56 Å². The summed E-state index contributed by atoms with van der Waals surface area (Å²) in [7, 11) is 0. The van der Waals surface area contributed by atoms with Gasteiger partial charge in [0.05, 0.1) is 5.33 Å². The number of ether oxygens (including phenoxy) is 2. The van der Waals surface area contributed by atoms with Crippen molar-refractivity contribution in [3.8, 4) is 0 Å². The maximum atomic E-state index is 12.3. The molecule has 0 radical (unpaired) electrons. The molecule has 7 heteroatoms. The third-order valence-corrected chi connectivity index (χ3v) is 3.68. The van der Waals surface area contributed by atoms with E-state index in [1.54, 1.807) is 20.8 Å². The minimum atomic E-state index is -0.939. The molecule has 0 aliphatic rings. The quantitative estimate of drug-likeness (QED) is 0.521. The van der Waals surface area contributed by atoms with Crippen LogP contribution in [0.2, 0.25) is 0 Å². The van der Waals surface area contributed by atoms with Gasteiger partial charge in [-0.3, -0.25) is 4.79 Å². The monoisotopic (exact) mass is 413 g/mol. The van der Waals surface area contributed by atoms with Crippen LogP contribution >= 0.6 is 15.9 Å². The number of carbonyl (C=O) groups is 3. The number of ketones is 1. The number of alkyl halides is 1. The Morgan fingerprint density at radius 1 is 1.16 bits per heavy atom. The van der Waals surface area contributed by atoms with E-state index < -0.39 is 23.7 Å². The molecule has 25 heavy (non-hydrogen) atoms. The zero-order valence-corrected chi connectivity index (χ0v) is 16.3. The largest absolute Gasteiger partial charge is 0.458 e. The summed E-state index contributed by atoms with van der Waals surface area (Å²) in [4.78, 5) is 35.7. The first-order valence-corrected chi connectivity index (χ1v) is 9.11. The Balaban J connectivity index is 2.62. The van der Waals surface area contributed by atoms with Gasteiger partial charge >= 0.3 is 12.1 Å². The molecule has 138 valence electrons. The number of amides is 1. The molecular weight excluding hydrogens is 390 g/mol. The summed E-state index contributed by atoms with van der Waals surface area (Å²) in [6.45, 7) is 5.30. The van der Waals surface area contributed by atoms with Crippen LogP contribution in [0.15, 0.2) is 30.3 Å². The van der Waals surface area contributed by atoms with Gasteiger partial charge in [-0.05, 0) is 32.8 Å². The summed E-state index contributed by atoms with van der Waals surface area (Å²) >= 11 is 3.07. The van der Waals surface area contributed by atoms with Crippen molar-refractivity contribution in [1.82, 2.24) is 5.32 Å². The number of nitrogens with one attached hydrogen (secondary N) is 1. The summed E-state index contributed by atoms with van der Waals surface area (Å²) in [5, 5.41) is 2.69. The molecule has 0 spiro atoms. The Labute approximate surface area is 156 Å². The van der Waals surface area contributed by atoms with E-state index in [2.05, 4.69) is 21.2 Å². The highest BCUT2D eigenvalue weighted by Crippen LogP contribution is 2.12. The Kier molecular flexibility index (Phi) is 8.61. The second-order valence-corrected chi connectivity index (χ2v) is 7.06. The van der Waals surface area contributed by atoms with Crippen molar-refractivity contribution in [2.24, 2.45) is 0 Å². The molecule has 1 N–H and O–H groups in total. The molecule has 0 unspecified atom stereocenters. The average Bonchev–Trinajstić information content (AvgIpc) is 2.55. The van der Waals surface area contributed by atoms with Crippen LogP contribution in [0, 0.1) is 0 Å². The highest BCUT2D eigenvalue weighted by Gasteiger charge is 2.27. The van der Waals surface area contributed by atoms with Crippen LogP contribution in [0.1, 0.15) is 39.2 Å². The number of esters is 1. The van der Waals surface area contributed by atoms with Gasteiger partial charge in [-0.25, -0.2) is 9.59 Å². The topological polar surface area (TPSA) is 81.7 Å². The molecule has 0 heterocycles. The van der Waals surface area contributed by atoms with Gasteiger partial charge in [0.25, 0.3) is 0 Å². The molecule has 1 aromatic carbocycles. The molecule has 1 atom stereocenters. The minimum absolute atomic E-state index is 0.0620. The first kappa shape index (κ1) is 21.2. The Hall–Kier alpha value is -1.89. The lowest BCUT2D eigenvalue weighted by Crippen LogP contribution is -2.44.